The molecule has 0 saturated heterocycles. The van der Waals surface area contributed by atoms with Crippen LogP contribution in [-0.2, 0) is 0 Å². The summed E-state index contributed by atoms with van der Waals surface area (Å²) >= 11 is 3.33. The summed E-state index contributed by atoms with van der Waals surface area (Å²) < 4.78 is 5.08. The van der Waals surface area contributed by atoms with Gasteiger partial charge in [-0.3, -0.25) is 4.79 Å². The Morgan fingerprint density at radius 1 is 1.64 bits per heavy atom. The van der Waals surface area contributed by atoms with Crippen molar-refractivity contribution in [3.8, 4) is 0 Å². The smallest absolute Gasteiger partial charge is 0.256 e. The fourth-order valence-corrected chi connectivity index (χ4v) is 1.43. The molecule has 0 unspecified atom stereocenters. The summed E-state index contributed by atoms with van der Waals surface area (Å²) in [6.07, 6.45) is 2.46. The van der Waals surface area contributed by atoms with Gasteiger partial charge in [0.15, 0.2) is 0 Å². The molecule has 3 nitrogen and oxygen atoms in total. The molecule has 0 aromatic carbocycles. The van der Waals surface area contributed by atoms with Crippen molar-refractivity contribution in [2.24, 2.45) is 0 Å². The van der Waals surface area contributed by atoms with E-state index in [1.54, 1.807) is 18.0 Å². The molecule has 0 aliphatic rings. The molecule has 1 amide bonds. The van der Waals surface area contributed by atoms with Crippen molar-refractivity contribution < 1.29 is 9.21 Å². The van der Waals surface area contributed by atoms with Crippen LogP contribution in [0.2, 0.25) is 0 Å². The van der Waals surface area contributed by atoms with Gasteiger partial charge in [-0.1, -0.05) is 15.9 Å². The summed E-state index contributed by atoms with van der Waals surface area (Å²) in [7, 11) is 1.80. The highest BCUT2D eigenvalue weighted by Gasteiger charge is 2.12. The van der Waals surface area contributed by atoms with Gasteiger partial charge in [-0.2, -0.15) is 0 Å². The zero-order chi connectivity index (χ0) is 10.6. The largest absolute Gasteiger partial charge is 0.469 e. The predicted octanol–water partition coefficient (Wildman–Crippen LogP) is 2.45. The van der Waals surface area contributed by atoms with Crippen molar-refractivity contribution in [2.75, 3.05) is 18.9 Å². The summed E-state index contributed by atoms with van der Waals surface area (Å²) in [5.41, 5.74) is 0.625. The highest BCUT2D eigenvalue weighted by atomic mass is 79.9. The van der Waals surface area contributed by atoms with E-state index >= 15 is 0 Å². The van der Waals surface area contributed by atoms with Crippen LogP contribution in [0.15, 0.2) is 16.7 Å². The highest BCUT2D eigenvalue weighted by Crippen LogP contribution is 2.09. The minimum Gasteiger partial charge on any atom is -0.469 e. The molecule has 0 atom stereocenters. The monoisotopic (exact) mass is 259 g/mol. The molecule has 4 heteroatoms. The number of furan rings is 1. The van der Waals surface area contributed by atoms with Crippen molar-refractivity contribution in [2.45, 2.75) is 13.3 Å². The van der Waals surface area contributed by atoms with Crippen LogP contribution in [0.25, 0.3) is 0 Å². The lowest BCUT2D eigenvalue weighted by atomic mass is 10.2. The number of rotatable bonds is 4. The quantitative estimate of drug-likeness (QED) is 0.779. The third-order valence-electron chi connectivity index (χ3n) is 1.95. The molecule has 78 valence electrons. The second kappa shape index (κ2) is 5.20. The van der Waals surface area contributed by atoms with E-state index in [1.165, 1.54) is 6.26 Å². The van der Waals surface area contributed by atoms with E-state index in [2.05, 4.69) is 15.9 Å². The first kappa shape index (κ1) is 11.3. The number of carbonyl (C=O) groups excluding carboxylic acids is 1. The second-order valence-corrected chi connectivity index (χ2v) is 4.01. The molecule has 0 bridgehead atoms. The molecular weight excluding hydrogens is 246 g/mol. The number of amides is 1. The van der Waals surface area contributed by atoms with Crippen molar-refractivity contribution in [1.29, 1.82) is 0 Å². The Labute approximate surface area is 92.2 Å². The van der Waals surface area contributed by atoms with Crippen LogP contribution in [0.4, 0.5) is 0 Å². The van der Waals surface area contributed by atoms with Crippen LogP contribution < -0.4 is 0 Å². The van der Waals surface area contributed by atoms with Crippen LogP contribution in [-0.4, -0.2) is 29.7 Å². The van der Waals surface area contributed by atoms with Gasteiger partial charge in [0.25, 0.3) is 5.91 Å². The second-order valence-electron chi connectivity index (χ2n) is 3.22. The van der Waals surface area contributed by atoms with Gasteiger partial charge in [0, 0.05) is 18.9 Å². The van der Waals surface area contributed by atoms with Gasteiger partial charge in [-0.25, -0.2) is 0 Å². The lowest BCUT2D eigenvalue weighted by molar-refractivity contribution is 0.0795. The molecule has 14 heavy (non-hydrogen) atoms. The number of hydrogen-bond donors (Lipinski definition) is 0. The minimum absolute atomic E-state index is 0.0165. The summed E-state index contributed by atoms with van der Waals surface area (Å²) in [4.78, 5) is 13.4. The summed E-state index contributed by atoms with van der Waals surface area (Å²) in [6, 6.07) is 1.76. The van der Waals surface area contributed by atoms with Crippen LogP contribution in [0.3, 0.4) is 0 Å². The molecule has 0 saturated carbocycles. The topological polar surface area (TPSA) is 33.5 Å². The average Bonchev–Trinajstić information content (AvgIpc) is 2.60. The van der Waals surface area contributed by atoms with Crippen molar-refractivity contribution in [3.63, 3.8) is 0 Å². The molecule has 1 heterocycles. The Bertz CT molecular complexity index is 309. The van der Waals surface area contributed by atoms with Crippen molar-refractivity contribution in [3.05, 3.63) is 23.7 Å². The molecule has 1 rings (SSSR count). The number of hydrogen-bond acceptors (Lipinski definition) is 2. The Morgan fingerprint density at radius 3 is 2.86 bits per heavy atom. The van der Waals surface area contributed by atoms with Crippen molar-refractivity contribution >= 4 is 21.8 Å². The SMILES string of the molecule is Cc1cc(C(=O)N(C)CCCBr)co1. The van der Waals surface area contributed by atoms with Gasteiger partial charge in [0.2, 0.25) is 0 Å². The van der Waals surface area contributed by atoms with E-state index in [0.29, 0.717) is 5.56 Å². The maximum absolute atomic E-state index is 11.7. The van der Waals surface area contributed by atoms with Gasteiger partial charge in [0.1, 0.15) is 12.0 Å². The molecule has 0 aliphatic heterocycles. The Balaban J connectivity index is 2.56. The Hall–Kier alpha value is -0.770. The van der Waals surface area contributed by atoms with E-state index in [-0.39, 0.29) is 5.91 Å². The molecule has 0 radical (unpaired) electrons. The third kappa shape index (κ3) is 2.87. The van der Waals surface area contributed by atoms with Gasteiger partial charge < -0.3 is 9.32 Å². The van der Waals surface area contributed by atoms with Gasteiger partial charge in [-0.15, -0.1) is 0 Å². The summed E-state index contributed by atoms with van der Waals surface area (Å²) in [5, 5.41) is 0.912. The highest BCUT2D eigenvalue weighted by molar-refractivity contribution is 9.09. The van der Waals surface area contributed by atoms with E-state index < -0.39 is 0 Å². The number of halogens is 1. The molecule has 0 fully saturated rings. The summed E-state index contributed by atoms with van der Waals surface area (Å²) in [5.74, 6) is 0.782. The third-order valence-corrected chi connectivity index (χ3v) is 2.51. The first-order valence-electron chi connectivity index (χ1n) is 4.51. The number of aryl methyl sites for hydroxylation is 1. The van der Waals surface area contributed by atoms with Crippen LogP contribution >= 0.6 is 15.9 Å². The Morgan fingerprint density at radius 2 is 2.36 bits per heavy atom. The Kier molecular flexibility index (Phi) is 4.20. The molecule has 1 aromatic rings. The molecule has 0 N–H and O–H groups in total. The first-order valence-corrected chi connectivity index (χ1v) is 5.64. The standard InChI is InChI=1S/C10H14BrNO2/c1-8-6-9(7-14-8)10(13)12(2)5-3-4-11/h6-7H,3-5H2,1-2H3. The van der Waals surface area contributed by atoms with Crippen LogP contribution in [0, 0.1) is 6.92 Å². The lowest BCUT2D eigenvalue weighted by Gasteiger charge is -2.14. The fraction of sp³-hybridized carbons (Fsp3) is 0.500. The number of carbonyl (C=O) groups is 1. The maximum Gasteiger partial charge on any atom is 0.256 e. The van der Waals surface area contributed by atoms with Gasteiger partial charge >= 0.3 is 0 Å². The molecule has 0 spiro atoms. The van der Waals surface area contributed by atoms with E-state index in [9.17, 15) is 4.79 Å². The van der Waals surface area contributed by atoms with Crippen LogP contribution in [0.1, 0.15) is 22.5 Å². The van der Waals surface area contributed by atoms with E-state index in [4.69, 9.17) is 4.42 Å². The molecular formula is C10H14BrNO2. The zero-order valence-electron chi connectivity index (χ0n) is 8.42. The number of nitrogens with zero attached hydrogens (tertiary/aromatic N) is 1. The van der Waals surface area contributed by atoms with Crippen LogP contribution in [0.5, 0.6) is 0 Å². The normalized spacial score (nSPS) is 10.2. The predicted molar refractivity (Wildman–Crippen MR) is 58.8 cm³/mol. The van der Waals surface area contributed by atoms with Gasteiger partial charge in [-0.05, 0) is 19.4 Å². The fourth-order valence-electron chi connectivity index (χ4n) is 1.17. The minimum atomic E-state index is 0.0165. The number of alkyl halides is 1. The summed E-state index contributed by atoms with van der Waals surface area (Å²) in [6.45, 7) is 2.59. The average molecular weight is 260 g/mol. The molecule has 1 aromatic heterocycles. The van der Waals surface area contributed by atoms with E-state index in [1.807, 2.05) is 6.92 Å². The van der Waals surface area contributed by atoms with Crippen molar-refractivity contribution in [1.82, 2.24) is 4.90 Å². The van der Waals surface area contributed by atoms with E-state index in [0.717, 1.165) is 24.1 Å². The molecule has 0 aliphatic carbocycles. The maximum atomic E-state index is 11.7. The first-order chi connectivity index (χ1) is 6.65. The lowest BCUT2D eigenvalue weighted by Crippen LogP contribution is -2.27. The van der Waals surface area contributed by atoms with Gasteiger partial charge in [0.05, 0.1) is 5.56 Å². The zero-order valence-corrected chi connectivity index (χ0v) is 10.0.